The van der Waals surface area contributed by atoms with Crippen molar-refractivity contribution in [2.45, 2.75) is 25.9 Å². The summed E-state index contributed by atoms with van der Waals surface area (Å²) in [5.41, 5.74) is 0.109. The lowest BCUT2D eigenvalue weighted by molar-refractivity contribution is -0.274. The fourth-order valence-electron chi connectivity index (χ4n) is 3.93. The van der Waals surface area contributed by atoms with Crippen LogP contribution in [-0.2, 0) is 24.7 Å². The molecule has 16 heteroatoms. The summed E-state index contributed by atoms with van der Waals surface area (Å²) in [6.07, 6.45) is -4.47. The van der Waals surface area contributed by atoms with Crippen LogP contribution in [0.15, 0.2) is 58.1 Å². The quantitative estimate of drug-likeness (QED) is 0.105. The van der Waals surface area contributed by atoms with Gasteiger partial charge in [-0.15, -0.1) is 13.2 Å². The van der Waals surface area contributed by atoms with Gasteiger partial charge in [-0.05, 0) is 51.9 Å². The summed E-state index contributed by atoms with van der Waals surface area (Å²) >= 11 is 8.09. The lowest BCUT2D eigenvalue weighted by Crippen LogP contribution is -2.40. The second-order valence-electron chi connectivity index (χ2n) is 8.58. The van der Waals surface area contributed by atoms with E-state index < -0.39 is 17.6 Å². The zero-order chi connectivity index (χ0) is 29.6. The molecule has 0 fully saturated rings. The maximum atomic E-state index is 13.5. The number of imidazole rings is 1. The van der Waals surface area contributed by atoms with Gasteiger partial charge in [-0.3, -0.25) is 18.5 Å². The van der Waals surface area contributed by atoms with Crippen LogP contribution in [0.2, 0.25) is 5.02 Å². The normalized spacial score (nSPS) is 12.0. The van der Waals surface area contributed by atoms with E-state index in [4.69, 9.17) is 25.6 Å². The Balaban J connectivity index is 1.55. The summed E-state index contributed by atoms with van der Waals surface area (Å²) in [5, 5.41) is 0.553. The monoisotopic (exact) mass is 726 g/mol. The molecule has 10 nitrogen and oxygen atoms in total. The van der Waals surface area contributed by atoms with Crippen molar-refractivity contribution >= 4 is 51.3 Å². The number of nitrogens with zero attached hydrogens (tertiary/aromatic N) is 4. The van der Waals surface area contributed by atoms with E-state index in [1.807, 2.05) is 0 Å². The average molecular weight is 727 g/mol. The number of ether oxygens (including phenoxy) is 3. The SMILES string of the molecule is Cn1c(=O)n(CCOPI)c(=O)c2c1nc(OCCCOc1cccc(OC(F)(F)F)c1)n2Cc1ccc(Cl)cc1. The maximum Gasteiger partial charge on any atom is 0.573 e. The zero-order valence-electron chi connectivity index (χ0n) is 21.5. The van der Waals surface area contributed by atoms with E-state index in [1.165, 1.54) is 29.8 Å². The molecule has 2 aromatic heterocycles. The Labute approximate surface area is 251 Å². The maximum absolute atomic E-state index is 13.5. The van der Waals surface area contributed by atoms with Gasteiger partial charge in [0.25, 0.3) is 11.6 Å². The molecule has 2 heterocycles. The Bertz CT molecular complexity index is 1610. The molecule has 0 saturated carbocycles. The van der Waals surface area contributed by atoms with Gasteiger partial charge in [0, 0.05) is 24.6 Å². The molecule has 0 N–H and O–H groups in total. The Morgan fingerprint density at radius 3 is 2.41 bits per heavy atom. The Morgan fingerprint density at radius 2 is 1.71 bits per heavy atom. The molecule has 0 aliphatic carbocycles. The standard InChI is InChI=1S/C25H24ClF3IN4O6P/c1-32-21-20(22(35)33(24(32)36)10-13-39-41-30)34(15-16-6-8-17(26)9-7-16)23(31-21)38-12-3-11-37-18-4-2-5-19(14-18)40-25(27,28)29/h2,4-9,14,41H,3,10-13,15H2,1H3. The minimum Gasteiger partial charge on any atom is -0.493 e. The van der Waals surface area contributed by atoms with Crippen LogP contribution >= 0.6 is 40.1 Å². The molecule has 0 bridgehead atoms. The fraction of sp³-hybridized carbons (Fsp3) is 0.320. The van der Waals surface area contributed by atoms with Crippen LogP contribution in [0.4, 0.5) is 13.2 Å². The molecule has 41 heavy (non-hydrogen) atoms. The van der Waals surface area contributed by atoms with Crippen molar-refractivity contribution < 1.29 is 31.9 Å². The molecule has 220 valence electrons. The summed E-state index contributed by atoms with van der Waals surface area (Å²) in [6, 6.07) is 12.4. The first-order chi connectivity index (χ1) is 19.6. The molecule has 2 aromatic carbocycles. The third-order valence-electron chi connectivity index (χ3n) is 5.75. The van der Waals surface area contributed by atoms with Crippen LogP contribution < -0.4 is 25.5 Å². The molecule has 0 radical (unpaired) electrons. The molecular weight excluding hydrogens is 703 g/mol. The highest BCUT2D eigenvalue weighted by molar-refractivity contribution is 14.2. The first-order valence-electron chi connectivity index (χ1n) is 12.1. The first kappa shape index (κ1) is 31.1. The minimum absolute atomic E-state index is 0.0757. The smallest absolute Gasteiger partial charge is 0.493 e. The summed E-state index contributed by atoms with van der Waals surface area (Å²) in [6.45, 7) is 0.898. The van der Waals surface area contributed by atoms with Crippen LogP contribution in [-0.4, -0.2) is 44.9 Å². The molecule has 0 aliphatic rings. The number of rotatable bonds is 13. The van der Waals surface area contributed by atoms with E-state index in [-0.39, 0.29) is 68.0 Å². The van der Waals surface area contributed by atoms with E-state index in [2.05, 4.69) is 31.8 Å². The van der Waals surface area contributed by atoms with Gasteiger partial charge in [0.1, 0.15) is 11.5 Å². The molecule has 4 rings (SSSR count). The van der Waals surface area contributed by atoms with Gasteiger partial charge in [0.2, 0.25) is 0 Å². The number of aromatic nitrogens is 4. The van der Waals surface area contributed by atoms with Crippen LogP contribution in [0, 0.1) is 0 Å². The van der Waals surface area contributed by atoms with Crippen LogP contribution in [0.5, 0.6) is 17.5 Å². The van der Waals surface area contributed by atoms with Crippen LogP contribution in [0.3, 0.4) is 0 Å². The predicted octanol–water partition coefficient (Wildman–Crippen LogP) is 5.31. The highest BCUT2D eigenvalue weighted by atomic mass is 127. The van der Waals surface area contributed by atoms with Gasteiger partial charge in [0.15, 0.2) is 11.2 Å². The van der Waals surface area contributed by atoms with Crippen molar-refractivity contribution in [3.63, 3.8) is 0 Å². The number of hydrogen-bond acceptors (Lipinski definition) is 7. The second kappa shape index (κ2) is 13.9. The number of benzene rings is 2. The minimum atomic E-state index is -4.81. The van der Waals surface area contributed by atoms with Gasteiger partial charge in [-0.25, -0.2) is 4.79 Å². The molecule has 0 spiro atoms. The highest BCUT2D eigenvalue weighted by Crippen LogP contribution is 2.26. The molecular formula is C25H24ClF3IN4O6P. The summed E-state index contributed by atoms with van der Waals surface area (Å²) in [5.74, 6) is -0.191. The average Bonchev–Trinajstić information content (AvgIpc) is 3.28. The molecule has 1 atom stereocenters. The summed E-state index contributed by atoms with van der Waals surface area (Å²) in [4.78, 5) is 30.9. The van der Waals surface area contributed by atoms with Crippen molar-refractivity contribution in [2.24, 2.45) is 7.05 Å². The number of hydrogen-bond donors (Lipinski definition) is 0. The Morgan fingerprint density at radius 1 is 1.00 bits per heavy atom. The lowest BCUT2D eigenvalue weighted by atomic mass is 10.2. The lowest BCUT2D eigenvalue weighted by Gasteiger charge is -2.12. The highest BCUT2D eigenvalue weighted by Gasteiger charge is 2.31. The Kier molecular flexibility index (Phi) is 10.6. The molecule has 0 saturated heterocycles. The van der Waals surface area contributed by atoms with E-state index >= 15 is 0 Å². The van der Waals surface area contributed by atoms with E-state index in [0.717, 1.165) is 16.2 Å². The summed E-state index contributed by atoms with van der Waals surface area (Å²) < 4.78 is 62.1. The third-order valence-corrected chi connectivity index (χ3v) is 7.25. The third kappa shape index (κ3) is 8.15. The van der Waals surface area contributed by atoms with Crippen LogP contribution in [0.1, 0.15) is 12.0 Å². The number of fused-ring (bicyclic) bond motifs is 1. The topological polar surface area (TPSA) is 98.7 Å². The van der Waals surface area contributed by atoms with Gasteiger partial charge in [-0.1, -0.05) is 29.8 Å². The molecule has 0 aliphatic heterocycles. The van der Waals surface area contributed by atoms with Crippen molar-refractivity contribution in [1.82, 2.24) is 18.7 Å². The largest absolute Gasteiger partial charge is 0.573 e. The van der Waals surface area contributed by atoms with Gasteiger partial charge in [0.05, 0.1) is 39.4 Å². The zero-order valence-corrected chi connectivity index (χ0v) is 25.4. The van der Waals surface area contributed by atoms with Crippen molar-refractivity contribution in [2.75, 3.05) is 19.8 Å². The molecule has 1 unspecified atom stereocenters. The summed E-state index contributed by atoms with van der Waals surface area (Å²) in [7, 11) is 1.52. The van der Waals surface area contributed by atoms with Crippen LogP contribution in [0.25, 0.3) is 11.2 Å². The van der Waals surface area contributed by atoms with Gasteiger partial charge < -0.3 is 18.7 Å². The van der Waals surface area contributed by atoms with E-state index in [9.17, 15) is 22.8 Å². The van der Waals surface area contributed by atoms with Crippen molar-refractivity contribution in [3.05, 3.63) is 80.0 Å². The number of aryl methyl sites for hydroxylation is 1. The van der Waals surface area contributed by atoms with E-state index in [1.54, 1.807) is 28.8 Å². The van der Waals surface area contributed by atoms with Gasteiger partial charge in [-0.2, -0.15) is 4.98 Å². The molecule has 4 aromatic rings. The second-order valence-corrected chi connectivity index (χ2v) is 10.8. The number of alkyl halides is 3. The molecule has 0 amide bonds. The van der Waals surface area contributed by atoms with Gasteiger partial charge >= 0.3 is 12.1 Å². The number of halogens is 5. The predicted molar refractivity (Wildman–Crippen MR) is 157 cm³/mol. The first-order valence-corrected chi connectivity index (χ1v) is 16.5. The van der Waals surface area contributed by atoms with E-state index in [0.29, 0.717) is 11.4 Å². The van der Waals surface area contributed by atoms with Crippen molar-refractivity contribution in [3.8, 4) is 17.5 Å². The fourth-order valence-corrected chi connectivity index (χ4v) is 4.88. The van der Waals surface area contributed by atoms with Crippen molar-refractivity contribution in [1.29, 1.82) is 0 Å². The Hall–Kier alpha value is -2.81.